The van der Waals surface area contributed by atoms with Crippen LogP contribution in [0.25, 0.3) is 6.08 Å². The lowest BCUT2D eigenvalue weighted by atomic mass is 9.74. The van der Waals surface area contributed by atoms with Gasteiger partial charge in [0.1, 0.15) is 0 Å². The van der Waals surface area contributed by atoms with Crippen molar-refractivity contribution in [1.82, 2.24) is 9.80 Å². The van der Waals surface area contributed by atoms with E-state index in [1.165, 1.54) is 0 Å². The van der Waals surface area contributed by atoms with Gasteiger partial charge in [0, 0.05) is 55.1 Å². The van der Waals surface area contributed by atoms with Gasteiger partial charge in [-0.15, -0.1) is 0 Å². The van der Waals surface area contributed by atoms with Gasteiger partial charge in [-0.3, -0.25) is 0 Å². The number of benzene rings is 2. The van der Waals surface area contributed by atoms with Crippen LogP contribution in [0.1, 0.15) is 36.8 Å². The van der Waals surface area contributed by atoms with Crippen molar-refractivity contribution in [1.29, 1.82) is 0 Å². The van der Waals surface area contributed by atoms with Gasteiger partial charge in [-0.25, -0.2) is 0 Å². The van der Waals surface area contributed by atoms with Gasteiger partial charge in [-0.05, 0) is 55.1 Å². The summed E-state index contributed by atoms with van der Waals surface area (Å²) in [6, 6.07) is 16.0. The SMILES string of the molecule is CN1CCN(CC2CCCC/C(=C/c3ccccc3)C2(O)Cc2c(Cl)cccc2Cl)CC1. The van der Waals surface area contributed by atoms with Crippen molar-refractivity contribution >= 4 is 29.3 Å². The Morgan fingerprint density at radius 2 is 1.66 bits per heavy atom. The van der Waals surface area contributed by atoms with E-state index < -0.39 is 5.60 Å². The molecule has 2 unspecified atom stereocenters. The number of nitrogens with zero attached hydrogens (tertiary/aromatic N) is 2. The second-order valence-corrected chi connectivity index (χ2v) is 10.2. The molecule has 1 saturated heterocycles. The van der Waals surface area contributed by atoms with E-state index in [0.717, 1.165) is 75.1 Å². The Bertz CT molecular complexity index is 904. The van der Waals surface area contributed by atoms with Gasteiger partial charge >= 0.3 is 0 Å². The molecule has 1 aliphatic heterocycles. The van der Waals surface area contributed by atoms with E-state index in [1.54, 1.807) is 0 Å². The van der Waals surface area contributed by atoms with Gasteiger partial charge in [0.05, 0.1) is 5.60 Å². The molecule has 1 heterocycles. The first kappa shape index (κ1) is 23.8. The predicted molar refractivity (Wildman–Crippen MR) is 135 cm³/mol. The summed E-state index contributed by atoms with van der Waals surface area (Å²) in [5.41, 5.74) is 2.11. The molecular weight excluding hydrogens is 439 g/mol. The highest BCUT2D eigenvalue weighted by atomic mass is 35.5. The molecule has 0 amide bonds. The van der Waals surface area contributed by atoms with Crippen LogP contribution in [0.5, 0.6) is 0 Å². The zero-order valence-corrected chi connectivity index (χ0v) is 20.5. The molecule has 1 aliphatic carbocycles. The summed E-state index contributed by atoms with van der Waals surface area (Å²) in [5, 5.41) is 13.8. The Morgan fingerprint density at radius 3 is 2.34 bits per heavy atom. The molecule has 2 aliphatic rings. The molecule has 1 saturated carbocycles. The van der Waals surface area contributed by atoms with Gasteiger partial charge in [0.15, 0.2) is 0 Å². The lowest BCUT2D eigenvalue weighted by Crippen LogP contribution is -2.51. The van der Waals surface area contributed by atoms with Gasteiger partial charge in [-0.1, -0.05) is 72.1 Å². The highest BCUT2D eigenvalue weighted by Crippen LogP contribution is 2.42. The first-order valence-electron chi connectivity index (χ1n) is 11.8. The highest BCUT2D eigenvalue weighted by Gasteiger charge is 2.43. The first-order valence-corrected chi connectivity index (χ1v) is 12.5. The van der Waals surface area contributed by atoms with Crippen LogP contribution < -0.4 is 0 Å². The molecule has 2 fully saturated rings. The van der Waals surface area contributed by atoms with Crippen molar-refractivity contribution in [3.8, 4) is 0 Å². The average molecular weight is 473 g/mol. The number of halogens is 2. The zero-order valence-electron chi connectivity index (χ0n) is 18.9. The molecule has 0 spiro atoms. The van der Waals surface area contributed by atoms with Crippen molar-refractivity contribution in [3.05, 3.63) is 75.3 Å². The summed E-state index contributed by atoms with van der Waals surface area (Å²) in [5.74, 6) is 0.135. The fourth-order valence-electron chi connectivity index (χ4n) is 5.18. The topological polar surface area (TPSA) is 26.7 Å². The van der Waals surface area contributed by atoms with Gasteiger partial charge in [0.2, 0.25) is 0 Å². The van der Waals surface area contributed by atoms with Gasteiger partial charge in [0.25, 0.3) is 0 Å². The molecule has 172 valence electrons. The Kier molecular flexibility index (Phi) is 7.96. The molecule has 3 nitrogen and oxygen atoms in total. The normalized spacial score (nSPS) is 26.9. The minimum absolute atomic E-state index is 0.135. The second-order valence-electron chi connectivity index (χ2n) is 9.43. The summed E-state index contributed by atoms with van der Waals surface area (Å²) in [7, 11) is 2.18. The van der Waals surface area contributed by atoms with Crippen LogP contribution in [0.3, 0.4) is 0 Å². The van der Waals surface area contributed by atoms with Crippen LogP contribution in [-0.4, -0.2) is 60.3 Å². The fourth-order valence-corrected chi connectivity index (χ4v) is 5.72. The lowest BCUT2D eigenvalue weighted by molar-refractivity contribution is -0.00640. The Hall–Kier alpha value is -1.36. The number of piperazine rings is 1. The number of hydrogen-bond acceptors (Lipinski definition) is 3. The van der Waals surface area contributed by atoms with E-state index in [2.05, 4.69) is 47.2 Å². The molecule has 2 atom stereocenters. The van der Waals surface area contributed by atoms with Crippen molar-refractivity contribution < 1.29 is 5.11 Å². The van der Waals surface area contributed by atoms with Crippen molar-refractivity contribution in [2.24, 2.45) is 5.92 Å². The second kappa shape index (κ2) is 10.7. The average Bonchev–Trinajstić information content (AvgIpc) is 2.93. The number of rotatable bonds is 5. The van der Waals surface area contributed by atoms with E-state index in [4.69, 9.17) is 23.2 Å². The molecule has 32 heavy (non-hydrogen) atoms. The van der Waals surface area contributed by atoms with Crippen LogP contribution in [0, 0.1) is 5.92 Å². The predicted octanol–water partition coefficient (Wildman–Crippen LogP) is 5.79. The molecular formula is C27H34Cl2N2O. The molecule has 5 heteroatoms. The summed E-state index contributed by atoms with van der Waals surface area (Å²) >= 11 is 13.2. The largest absolute Gasteiger partial charge is 0.385 e. The van der Waals surface area contributed by atoms with Crippen molar-refractivity contribution in [2.75, 3.05) is 39.8 Å². The lowest BCUT2D eigenvalue weighted by Gasteiger charge is -2.42. The summed E-state index contributed by atoms with van der Waals surface area (Å²) in [6.07, 6.45) is 6.78. The van der Waals surface area contributed by atoms with Gasteiger partial charge in [-0.2, -0.15) is 0 Å². The van der Waals surface area contributed by atoms with Gasteiger partial charge < -0.3 is 14.9 Å². The molecule has 0 bridgehead atoms. The number of aliphatic hydroxyl groups is 1. The molecule has 0 aromatic heterocycles. The fraction of sp³-hybridized carbons (Fsp3) is 0.481. The molecule has 2 aromatic carbocycles. The Morgan fingerprint density at radius 1 is 0.969 bits per heavy atom. The maximum absolute atomic E-state index is 12.5. The summed E-state index contributed by atoms with van der Waals surface area (Å²) in [6.45, 7) is 5.16. The third-order valence-electron chi connectivity index (χ3n) is 7.20. The number of hydrogen-bond donors (Lipinski definition) is 1. The molecule has 4 rings (SSSR count). The molecule has 1 N–H and O–H groups in total. The minimum Gasteiger partial charge on any atom is -0.385 e. The third kappa shape index (κ3) is 5.58. The van der Waals surface area contributed by atoms with E-state index in [0.29, 0.717) is 16.5 Å². The van der Waals surface area contributed by atoms with E-state index >= 15 is 0 Å². The van der Waals surface area contributed by atoms with Crippen LogP contribution in [-0.2, 0) is 6.42 Å². The minimum atomic E-state index is -0.982. The maximum Gasteiger partial charge on any atom is 0.0941 e. The van der Waals surface area contributed by atoms with Crippen LogP contribution in [0.2, 0.25) is 10.0 Å². The zero-order chi connectivity index (χ0) is 22.6. The van der Waals surface area contributed by atoms with Crippen LogP contribution >= 0.6 is 23.2 Å². The smallest absolute Gasteiger partial charge is 0.0941 e. The third-order valence-corrected chi connectivity index (χ3v) is 7.91. The van der Waals surface area contributed by atoms with E-state index in [1.807, 2.05) is 24.3 Å². The maximum atomic E-state index is 12.5. The summed E-state index contributed by atoms with van der Waals surface area (Å²) < 4.78 is 0. The Labute approximate surface area is 202 Å². The van der Waals surface area contributed by atoms with Crippen molar-refractivity contribution in [2.45, 2.75) is 37.7 Å². The van der Waals surface area contributed by atoms with E-state index in [-0.39, 0.29) is 5.92 Å². The quantitative estimate of drug-likeness (QED) is 0.557. The van der Waals surface area contributed by atoms with E-state index in [9.17, 15) is 5.11 Å². The first-order chi connectivity index (χ1) is 15.5. The van der Waals surface area contributed by atoms with Crippen LogP contribution in [0.4, 0.5) is 0 Å². The monoisotopic (exact) mass is 472 g/mol. The standard InChI is InChI=1S/C27H34Cl2N2O/c1-30-14-16-31(17-15-30)20-23-11-6-5-10-22(18-21-8-3-2-4-9-21)27(23,32)19-24-25(28)12-7-13-26(24)29/h2-4,7-9,12-13,18,23,32H,5-6,10-11,14-17,19-20H2,1H3/b22-18-. The molecule has 0 radical (unpaired) electrons. The van der Waals surface area contributed by atoms with Crippen molar-refractivity contribution in [3.63, 3.8) is 0 Å². The molecule has 2 aromatic rings. The summed E-state index contributed by atoms with van der Waals surface area (Å²) in [4.78, 5) is 4.90. The Balaban J connectivity index is 1.72. The number of likely N-dealkylation sites (N-methyl/N-ethyl adjacent to an activating group) is 1. The van der Waals surface area contributed by atoms with Crippen LogP contribution in [0.15, 0.2) is 54.1 Å². The highest BCUT2D eigenvalue weighted by molar-refractivity contribution is 6.36.